The number of hydrogen-bond acceptors (Lipinski definition) is 5. The first kappa shape index (κ1) is 15.2. The molecule has 0 bridgehead atoms. The Morgan fingerprint density at radius 1 is 1.35 bits per heavy atom. The van der Waals surface area contributed by atoms with Gasteiger partial charge in [-0.2, -0.15) is 0 Å². The Labute approximate surface area is 127 Å². The molecule has 0 radical (unpaired) electrons. The smallest absolute Gasteiger partial charge is 0.307 e. The molecule has 1 N–H and O–H groups in total. The molecular formula is C15H19NO2S2. The predicted octanol–water partition coefficient (Wildman–Crippen LogP) is 3.77. The third kappa shape index (κ3) is 4.16. The number of rotatable bonds is 7. The number of ether oxygens (including phenoxy) is 1. The molecule has 1 atom stereocenters. The fourth-order valence-electron chi connectivity index (χ4n) is 1.94. The Morgan fingerprint density at radius 2 is 2.15 bits per heavy atom. The highest BCUT2D eigenvalue weighted by molar-refractivity contribution is 7.12. The summed E-state index contributed by atoms with van der Waals surface area (Å²) in [6.45, 7) is 2.94. The van der Waals surface area contributed by atoms with E-state index in [0.717, 1.165) is 13.0 Å². The summed E-state index contributed by atoms with van der Waals surface area (Å²) in [4.78, 5) is 15.4. The molecule has 3 nitrogen and oxygen atoms in total. The largest absolute Gasteiger partial charge is 0.469 e. The molecule has 2 aromatic heterocycles. The zero-order valence-electron chi connectivity index (χ0n) is 11.7. The minimum Gasteiger partial charge on any atom is -0.469 e. The highest BCUT2D eigenvalue weighted by atomic mass is 32.1. The van der Waals surface area contributed by atoms with E-state index in [1.807, 2.05) is 22.8 Å². The first-order valence-electron chi connectivity index (χ1n) is 6.64. The van der Waals surface area contributed by atoms with Crippen LogP contribution in [0.2, 0.25) is 0 Å². The van der Waals surface area contributed by atoms with Crippen molar-refractivity contribution >= 4 is 28.6 Å². The molecule has 0 aliphatic rings. The Morgan fingerprint density at radius 3 is 2.75 bits per heavy atom. The van der Waals surface area contributed by atoms with Crippen molar-refractivity contribution in [1.29, 1.82) is 0 Å². The number of nitrogens with one attached hydrogen (secondary N) is 1. The van der Waals surface area contributed by atoms with Gasteiger partial charge in [-0.1, -0.05) is 13.0 Å². The summed E-state index contributed by atoms with van der Waals surface area (Å²) < 4.78 is 4.78. The highest BCUT2D eigenvalue weighted by Gasteiger charge is 2.17. The van der Waals surface area contributed by atoms with E-state index in [4.69, 9.17) is 4.74 Å². The van der Waals surface area contributed by atoms with Crippen molar-refractivity contribution in [1.82, 2.24) is 5.32 Å². The maximum atomic E-state index is 11.5. The van der Waals surface area contributed by atoms with Crippen LogP contribution in [0.25, 0.3) is 0 Å². The van der Waals surface area contributed by atoms with E-state index in [1.165, 1.54) is 21.7 Å². The van der Waals surface area contributed by atoms with Gasteiger partial charge in [0.1, 0.15) is 0 Å². The quantitative estimate of drug-likeness (QED) is 0.791. The lowest BCUT2D eigenvalue weighted by Gasteiger charge is -2.15. The van der Waals surface area contributed by atoms with Gasteiger partial charge >= 0.3 is 5.97 Å². The summed E-state index contributed by atoms with van der Waals surface area (Å²) in [5, 5.41) is 5.49. The third-order valence-electron chi connectivity index (χ3n) is 3.07. The first-order chi connectivity index (χ1) is 9.72. The maximum Gasteiger partial charge on any atom is 0.307 e. The predicted molar refractivity (Wildman–Crippen MR) is 84.2 cm³/mol. The number of carbonyl (C=O) groups excluding carboxylic acids is 1. The van der Waals surface area contributed by atoms with Crippen molar-refractivity contribution < 1.29 is 9.53 Å². The second-order valence-corrected chi connectivity index (χ2v) is 6.68. The van der Waals surface area contributed by atoms with Crippen LogP contribution in [-0.2, 0) is 22.5 Å². The van der Waals surface area contributed by atoms with Crippen molar-refractivity contribution in [3.05, 3.63) is 44.3 Å². The van der Waals surface area contributed by atoms with Gasteiger partial charge in [0, 0.05) is 21.2 Å². The molecule has 1 unspecified atom stereocenters. The molecule has 0 saturated heterocycles. The molecule has 20 heavy (non-hydrogen) atoms. The van der Waals surface area contributed by atoms with Crippen LogP contribution in [-0.4, -0.2) is 13.1 Å². The van der Waals surface area contributed by atoms with E-state index in [9.17, 15) is 4.79 Å². The van der Waals surface area contributed by atoms with Gasteiger partial charge in [0.2, 0.25) is 0 Å². The lowest BCUT2D eigenvalue weighted by molar-refractivity contribution is -0.141. The summed E-state index contributed by atoms with van der Waals surface area (Å²) in [5.41, 5.74) is 0. The van der Waals surface area contributed by atoms with Gasteiger partial charge in [-0.3, -0.25) is 4.79 Å². The van der Waals surface area contributed by atoms with E-state index in [-0.39, 0.29) is 12.0 Å². The molecule has 5 heteroatoms. The lowest BCUT2D eigenvalue weighted by Crippen LogP contribution is -2.23. The van der Waals surface area contributed by atoms with Crippen molar-refractivity contribution in [2.24, 2.45) is 0 Å². The molecule has 0 aromatic carbocycles. The van der Waals surface area contributed by atoms with Gasteiger partial charge < -0.3 is 10.1 Å². The molecular weight excluding hydrogens is 290 g/mol. The second kappa shape index (κ2) is 7.57. The Bertz CT molecular complexity index is 534. The SMILES string of the molecule is CCc1ccc(CNC(CC(=O)OC)c2cccs2)s1. The average molecular weight is 309 g/mol. The summed E-state index contributed by atoms with van der Waals surface area (Å²) in [6.07, 6.45) is 1.43. The number of thiophene rings is 2. The normalized spacial score (nSPS) is 12.3. The van der Waals surface area contributed by atoms with Crippen LogP contribution in [0.4, 0.5) is 0 Å². The molecule has 2 heterocycles. The summed E-state index contributed by atoms with van der Waals surface area (Å²) in [7, 11) is 1.43. The van der Waals surface area contributed by atoms with E-state index in [0.29, 0.717) is 6.42 Å². The summed E-state index contributed by atoms with van der Waals surface area (Å²) in [5.74, 6) is -0.184. The second-order valence-electron chi connectivity index (χ2n) is 4.45. The Hall–Kier alpha value is -1.17. The lowest BCUT2D eigenvalue weighted by atomic mass is 10.1. The van der Waals surface area contributed by atoms with Gasteiger partial charge in [-0.15, -0.1) is 22.7 Å². The van der Waals surface area contributed by atoms with E-state index in [1.54, 1.807) is 11.3 Å². The van der Waals surface area contributed by atoms with Crippen molar-refractivity contribution in [2.75, 3.05) is 7.11 Å². The molecule has 2 rings (SSSR count). The van der Waals surface area contributed by atoms with Crippen LogP contribution < -0.4 is 5.32 Å². The van der Waals surface area contributed by atoms with Crippen LogP contribution in [0.5, 0.6) is 0 Å². The number of hydrogen-bond donors (Lipinski definition) is 1. The van der Waals surface area contributed by atoms with Crippen molar-refractivity contribution in [2.45, 2.75) is 32.4 Å². The van der Waals surface area contributed by atoms with Crippen LogP contribution in [0, 0.1) is 0 Å². The first-order valence-corrected chi connectivity index (χ1v) is 8.33. The van der Waals surface area contributed by atoms with Crippen LogP contribution in [0.1, 0.15) is 34.0 Å². The number of aryl methyl sites for hydroxylation is 1. The molecule has 108 valence electrons. The minimum absolute atomic E-state index is 0.0228. The molecule has 2 aromatic rings. The molecule has 0 saturated carbocycles. The van der Waals surface area contributed by atoms with E-state index in [2.05, 4.69) is 30.4 Å². The summed E-state index contributed by atoms with van der Waals surface area (Å²) in [6, 6.07) is 8.40. The monoisotopic (exact) mass is 309 g/mol. The van der Waals surface area contributed by atoms with Crippen LogP contribution in [0.3, 0.4) is 0 Å². The molecule has 0 spiro atoms. The third-order valence-corrected chi connectivity index (χ3v) is 5.29. The van der Waals surface area contributed by atoms with Crippen molar-refractivity contribution in [3.63, 3.8) is 0 Å². The summed E-state index contributed by atoms with van der Waals surface area (Å²) >= 11 is 3.48. The Balaban J connectivity index is 1.98. The van der Waals surface area contributed by atoms with Gasteiger partial charge in [-0.05, 0) is 30.0 Å². The zero-order valence-corrected chi connectivity index (χ0v) is 13.4. The van der Waals surface area contributed by atoms with Crippen molar-refractivity contribution in [3.8, 4) is 0 Å². The van der Waals surface area contributed by atoms with Gasteiger partial charge in [0.15, 0.2) is 0 Å². The molecule has 0 aliphatic carbocycles. The molecule has 0 fully saturated rings. The van der Waals surface area contributed by atoms with Gasteiger partial charge in [0.05, 0.1) is 19.6 Å². The molecule has 0 aliphatic heterocycles. The van der Waals surface area contributed by atoms with E-state index < -0.39 is 0 Å². The number of methoxy groups -OCH3 is 1. The molecule has 0 amide bonds. The topological polar surface area (TPSA) is 38.3 Å². The average Bonchev–Trinajstić information content (AvgIpc) is 3.13. The van der Waals surface area contributed by atoms with Gasteiger partial charge in [0.25, 0.3) is 0 Å². The fourth-order valence-corrected chi connectivity index (χ4v) is 3.66. The van der Waals surface area contributed by atoms with E-state index >= 15 is 0 Å². The highest BCUT2D eigenvalue weighted by Crippen LogP contribution is 2.24. The maximum absolute atomic E-state index is 11.5. The van der Waals surface area contributed by atoms with Crippen LogP contribution in [0.15, 0.2) is 29.6 Å². The number of esters is 1. The van der Waals surface area contributed by atoms with Crippen LogP contribution >= 0.6 is 22.7 Å². The zero-order chi connectivity index (χ0) is 14.4. The standard InChI is InChI=1S/C15H19NO2S2/c1-3-11-6-7-12(20-11)10-16-13(9-15(17)18-2)14-5-4-8-19-14/h4-8,13,16H,3,9-10H2,1-2H3. The fraction of sp³-hybridized carbons (Fsp3) is 0.400. The van der Waals surface area contributed by atoms with Gasteiger partial charge in [-0.25, -0.2) is 0 Å². The Kier molecular flexibility index (Phi) is 5.76. The number of carbonyl (C=O) groups is 1. The minimum atomic E-state index is -0.184.